The van der Waals surface area contributed by atoms with Crippen LogP contribution in [0, 0.1) is 0 Å². The van der Waals surface area contributed by atoms with Crippen molar-refractivity contribution in [2.24, 2.45) is 5.16 Å². The van der Waals surface area contributed by atoms with Crippen molar-refractivity contribution >= 4 is 34.2 Å². The van der Waals surface area contributed by atoms with E-state index in [0.29, 0.717) is 18.6 Å². The molecule has 2 aromatic carbocycles. The fourth-order valence-electron chi connectivity index (χ4n) is 2.17. The van der Waals surface area contributed by atoms with Crippen molar-refractivity contribution in [2.75, 3.05) is 7.11 Å². The number of esters is 1. The van der Waals surface area contributed by atoms with E-state index < -0.39 is 0 Å². The molecule has 0 bridgehead atoms. The van der Waals surface area contributed by atoms with E-state index in [2.05, 4.69) is 34.2 Å². The van der Waals surface area contributed by atoms with E-state index in [1.165, 1.54) is 12.5 Å². The molecule has 22 heavy (non-hydrogen) atoms. The fourth-order valence-corrected chi connectivity index (χ4v) is 3.30. The number of carbonyl (C=O) groups excluding carboxylic acids is 1. The van der Waals surface area contributed by atoms with Crippen LogP contribution in [0.3, 0.4) is 0 Å². The second kappa shape index (κ2) is 7.84. The Morgan fingerprint density at radius 3 is 2.68 bits per heavy atom. The number of nitrogens with zero attached hydrogens (tertiary/aromatic N) is 1. The van der Waals surface area contributed by atoms with Gasteiger partial charge in [-0.25, -0.2) is 0 Å². The molecule has 2 rings (SSSR count). The highest BCUT2D eigenvalue weighted by Gasteiger charge is 2.17. The maximum absolute atomic E-state index is 11.3. The number of thioether (sulfide) groups is 1. The fraction of sp³-hybridized carbons (Fsp3) is 0.294. The van der Waals surface area contributed by atoms with Gasteiger partial charge in [0.15, 0.2) is 0 Å². The first-order valence-electron chi connectivity index (χ1n) is 7.05. The number of ether oxygens (including phenoxy) is 1. The van der Waals surface area contributed by atoms with Crippen molar-refractivity contribution in [1.29, 1.82) is 0 Å². The molecule has 2 aromatic rings. The summed E-state index contributed by atoms with van der Waals surface area (Å²) in [5, 5.41) is 14.6. The molecule has 1 unspecified atom stereocenters. The molecule has 0 aromatic heterocycles. The van der Waals surface area contributed by atoms with Crippen molar-refractivity contribution in [1.82, 2.24) is 0 Å². The molecule has 0 spiro atoms. The molecule has 1 N–H and O–H groups in total. The third kappa shape index (κ3) is 4.24. The first-order valence-corrected chi connectivity index (χ1v) is 7.93. The van der Waals surface area contributed by atoms with Crippen LogP contribution < -0.4 is 0 Å². The normalized spacial score (nSPS) is 13.1. The number of benzene rings is 2. The van der Waals surface area contributed by atoms with Gasteiger partial charge in [0.05, 0.1) is 18.1 Å². The van der Waals surface area contributed by atoms with Crippen LogP contribution in [0.4, 0.5) is 0 Å². The van der Waals surface area contributed by atoms with Gasteiger partial charge in [-0.05, 0) is 36.2 Å². The number of oxime groups is 1. The minimum Gasteiger partial charge on any atom is -0.469 e. The van der Waals surface area contributed by atoms with Gasteiger partial charge in [-0.2, -0.15) is 0 Å². The minimum atomic E-state index is -0.255. The van der Waals surface area contributed by atoms with Crippen molar-refractivity contribution in [3.63, 3.8) is 0 Å². The molecular weight excluding hydrogens is 298 g/mol. The molecular formula is C17H19NO3S. The van der Waals surface area contributed by atoms with E-state index >= 15 is 0 Å². The van der Waals surface area contributed by atoms with Gasteiger partial charge in [0.2, 0.25) is 0 Å². The third-order valence-electron chi connectivity index (χ3n) is 3.46. The van der Waals surface area contributed by atoms with E-state index in [1.807, 2.05) is 18.2 Å². The minimum absolute atomic E-state index is 0.0646. The number of rotatable bonds is 6. The Kier molecular flexibility index (Phi) is 5.83. The summed E-state index contributed by atoms with van der Waals surface area (Å²) >= 11 is 1.59. The van der Waals surface area contributed by atoms with Gasteiger partial charge in [0, 0.05) is 11.3 Å². The van der Waals surface area contributed by atoms with E-state index in [9.17, 15) is 4.79 Å². The zero-order valence-electron chi connectivity index (χ0n) is 12.7. The Morgan fingerprint density at radius 1 is 1.27 bits per heavy atom. The predicted octanol–water partition coefficient (Wildman–Crippen LogP) is 4.10. The quantitative estimate of drug-likeness (QED) is 0.286. The van der Waals surface area contributed by atoms with Gasteiger partial charge >= 0.3 is 5.97 Å². The molecule has 116 valence electrons. The first kappa shape index (κ1) is 16.4. The van der Waals surface area contributed by atoms with Crippen molar-refractivity contribution in [3.8, 4) is 0 Å². The summed E-state index contributed by atoms with van der Waals surface area (Å²) in [7, 11) is 1.38. The standard InChI is InChI=1S/C17H19NO3S/c1-12(18-20)16(9-10-17(19)21-2)22-15-8-7-13-5-3-4-6-14(13)11-15/h3-8,11,16,20H,9-10H2,1-2H3. The summed E-state index contributed by atoms with van der Waals surface area (Å²) in [5.74, 6) is -0.255. The van der Waals surface area contributed by atoms with Gasteiger partial charge in [0.1, 0.15) is 0 Å². The summed E-state index contributed by atoms with van der Waals surface area (Å²) < 4.78 is 4.67. The molecule has 5 heteroatoms. The highest BCUT2D eigenvalue weighted by atomic mass is 32.2. The summed E-state index contributed by atoms with van der Waals surface area (Å²) in [4.78, 5) is 12.4. The second-order valence-corrected chi connectivity index (χ2v) is 6.25. The lowest BCUT2D eigenvalue weighted by Gasteiger charge is -2.15. The van der Waals surface area contributed by atoms with Gasteiger partial charge in [-0.1, -0.05) is 35.5 Å². The molecule has 0 aliphatic carbocycles. The first-order chi connectivity index (χ1) is 10.6. The number of hydrogen-bond acceptors (Lipinski definition) is 5. The number of methoxy groups -OCH3 is 1. The van der Waals surface area contributed by atoms with Crippen LogP contribution in [0.5, 0.6) is 0 Å². The number of carbonyl (C=O) groups is 1. The largest absolute Gasteiger partial charge is 0.469 e. The highest BCUT2D eigenvalue weighted by Crippen LogP contribution is 2.30. The van der Waals surface area contributed by atoms with Crippen LogP contribution in [0.15, 0.2) is 52.5 Å². The lowest BCUT2D eigenvalue weighted by Crippen LogP contribution is -2.16. The summed E-state index contributed by atoms with van der Waals surface area (Å²) in [5.41, 5.74) is 0.599. The summed E-state index contributed by atoms with van der Waals surface area (Å²) in [6.45, 7) is 1.76. The molecule has 0 aliphatic heterocycles. The van der Waals surface area contributed by atoms with E-state index in [0.717, 1.165) is 10.3 Å². The second-order valence-electron chi connectivity index (χ2n) is 4.97. The number of hydrogen-bond donors (Lipinski definition) is 1. The van der Waals surface area contributed by atoms with Crippen LogP contribution in [0.1, 0.15) is 19.8 Å². The Hall–Kier alpha value is -2.01. The highest BCUT2D eigenvalue weighted by molar-refractivity contribution is 8.00. The van der Waals surface area contributed by atoms with Crippen LogP contribution in [-0.2, 0) is 9.53 Å². The molecule has 0 radical (unpaired) electrons. The molecule has 0 amide bonds. The van der Waals surface area contributed by atoms with Crippen molar-refractivity contribution in [2.45, 2.75) is 29.9 Å². The van der Waals surface area contributed by atoms with E-state index in [-0.39, 0.29) is 11.2 Å². The average Bonchev–Trinajstić information content (AvgIpc) is 2.57. The molecule has 0 heterocycles. The average molecular weight is 317 g/mol. The van der Waals surface area contributed by atoms with Gasteiger partial charge in [0.25, 0.3) is 0 Å². The molecule has 0 saturated carbocycles. The zero-order valence-corrected chi connectivity index (χ0v) is 13.5. The lowest BCUT2D eigenvalue weighted by molar-refractivity contribution is -0.140. The summed E-state index contributed by atoms with van der Waals surface area (Å²) in [6.07, 6.45) is 0.870. The molecule has 0 aliphatic rings. The Balaban J connectivity index is 2.15. The SMILES string of the molecule is COC(=O)CCC(Sc1ccc2ccccc2c1)C(C)=NO. The predicted molar refractivity (Wildman–Crippen MR) is 89.7 cm³/mol. The van der Waals surface area contributed by atoms with Crippen LogP contribution in [0.2, 0.25) is 0 Å². The molecule has 4 nitrogen and oxygen atoms in total. The monoisotopic (exact) mass is 317 g/mol. The third-order valence-corrected chi connectivity index (χ3v) is 4.85. The van der Waals surface area contributed by atoms with Crippen LogP contribution in [0.25, 0.3) is 10.8 Å². The Morgan fingerprint density at radius 2 is 2.00 bits per heavy atom. The van der Waals surface area contributed by atoms with Gasteiger partial charge in [-0.15, -0.1) is 11.8 Å². The summed E-state index contributed by atoms with van der Waals surface area (Å²) in [6, 6.07) is 14.4. The van der Waals surface area contributed by atoms with Crippen molar-refractivity contribution < 1.29 is 14.7 Å². The maximum Gasteiger partial charge on any atom is 0.305 e. The van der Waals surface area contributed by atoms with Crippen LogP contribution in [-0.4, -0.2) is 29.2 Å². The van der Waals surface area contributed by atoms with Gasteiger partial charge < -0.3 is 9.94 Å². The van der Waals surface area contributed by atoms with E-state index in [4.69, 9.17) is 5.21 Å². The lowest BCUT2D eigenvalue weighted by atomic mass is 10.1. The molecule has 1 atom stereocenters. The van der Waals surface area contributed by atoms with Gasteiger partial charge in [-0.3, -0.25) is 4.79 Å². The van der Waals surface area contributed by atoms with Crippen LogP contribution >= 0.6 is 11.8 Å². The molecule has 0 saturated heterocycles. The zero-order chi connectivity index (χ0) is 15.9. The Labute approximate surface area is 134 Å². The smallest absolute Gasteiger partial charge is 0.305 e. The van der Waals surface area contributed by atoms with Crippen molar-refractivity contribution in [3.05, 3.63) is 42.5 Å². The molecule has 0 fully saturated rings. The topological polar surface area (TPSA) is 58.9 Å². The Bertz CT molecular complexity index is 684. The number of fused-ring (bicyclic) bond motifs is 1. The van der Waals surface area contributed by atoms with E-state index in [1.54, 1.807) is 18.7 Å². The maximum atomic E-state index is 11.3.